The molecule has 0 saturated carbocycles. The fourth-order valence-corrected chi connectivity index (χ4v) is 1.77. The summed E-state index contributed by atoms with van der Waals surface area (Å²) >= 11 is 0. The summed E-state index contributed by atoms with van der Waals surface area (Å²) in [5.74, 6) is 0.107. The van der Waals surface area contributed by atoms with E-state index in [1.807, 2.05) is 30.3 Å². The monoisotopic (exact) mass is 255 g/mol. The maximum Gasteiger partial charge on any atom is 0.222 e. The molecule has 2 aromatic rings. The number of rotatable bonds is 3. The smallest absolute Gasteiger partial charge is 0.222 e. The minimum Gasteiger partial charge on any atom is -0.396 e. The molecular formula is C13H13N5O. The zero-order valence-electron chi connectivity index (χ0n) is 10.2. The summed E-state index contributed by atoms with van der Waals surface area (Å²) in [5, 5.41) is 18.0. The fourth-order valence-electron chi connectivity index (χ4n) is 1.77. The van der Waals surface area contributed by atoms with Gasteiger partial charge in [-0.15, -0.1) is 0 Å². The van der Waals surface area contributed by atoms with E-state index < -0.39 is 0 Å². The Bertz CT molecular complexity index is 631. The summed E-state index contributed by atoms with van der Waals surface area (Å²) in [6.07, 6.45) is 0.583. The second-order valence-electron chi connectivity index (χ2n) is 3.97. The predicted molar refractivity (Wildman–Crippen MR) is 71.8 cm³/mol. The number of nitrogens with two attached hydrogens (primary N) is 2. The van der Waals surface area contributed by atoms with Crippen LogP contribution in [-0.4, -0.2) is 21.7 Å². The molecule has 96 valence electrons. The van der Waals surface area contributed by atoms with Crippen LogP contribution in [0.1, 0.15) is 11.1 Å². The van der Waals surface area contributed by atoms with Gasteiger partial charge in [0.1, 0.15) is 17.5 Å². The molecule has 0 atom stereocenters. The first-order chi connectivity index (χ1) is 9.15. The van der Waals surface area contributed by atoms with E-state index in [1.165, 1.54) is 0 Å². The molecule has 2 rings (SSSR count). The molecule has 6 heteroatoms. The second-order valence-corrected chi connectivity index (χ2v) is 3.97. The van der Waals surface area contributed by atoms with E-state index in [2.05, 4.69) is 9.97 Å². The van der Waals surface area contributed by atoms with Crippen LogP contribution in [0, 0.1) is 11.3 Å². The highest BCUT2D eigenvalue weighted by Gasteiger charge is 2.12. The zero-order chi connectivity index (χ0) is 13.8. The van der Waals surface area contributed by atoms with Crippen LogP contribution in [-0.2, 0) is 6.42 Å². The maximum absolute atomic E-state index is 9.11. The molecule has 0 aliphatic rings. The third-order valence-corrected chi connectivity index (χ3v) is 2.69. The van der Waals surface area contributed by atoms with Gasteiger partial charge in [0.05, 0.1) is 5.69 Å². The van der Waals surface area contributed by atoms with Crippen molar-refractivity contribution in [3.05, 3.63) is 35.4 Å². The predicted octanol–water partition coefficient (Wildman–Crippen LogP) is 0.714. The van der Waals surface area contributed by atoms with Crippen LogP contribution in [0.3, 0.4) is 0 Å². The molecule has 0 radical (unpaired) electrons. The number of nitrogen functional groups attached to an aromatic ring is 2. The second kappa shape index (κ2) is 5.33. The molecule has 0 aliphatic carbocycles. The highest BCUT2D eigenvalue weighted by Crippen LogP contribution is 2.25. The molecule has 0 fully saturated rings. The van der Waals surface area contributed by atoms with Crippen LogP contribution in [0.25, 0.3) is 11.3 Å². The Hall–Kier alpha value is -2.65. The standard InChI is InChI=1S/C13H13N5O/c14-7-10-11(17-13(16)18-12(10)15)9-3-1-8(2-4-9)5-6-19/h1-4,19H,5-6H2,(H4,15,16,17,18). The lowest BCUT2D eigenvalue weighted by Crippen LogP contribution is -2.05. The van der Waals surface area contributed by atoms with Crippen molar-refractivity contribution in [2.45, 2.75) is 6.42 Å². The summed E-state index contributed by atoms with van der Waals surface area (Å²) in [7, 11) is 0. The average Bonchev–Trinajstić information content (AvgIpc) is 2.39. The Labute approximate surface area is 110 Å². The summed E-state index contributed by atoms with van der Waals surface area (Å²) in [4.78, 5) is 7.83. The molecule has 0 saturated heterocycles. The molecule has 19 heavy (non-hydrogen) atoms. The Morgan fingerprint density at radius 3 is 2.42 bits per heavy atom. The van der Waals surface area contributed by atoms with E-state index in [0.717, 1.165) is 11.1 Å². The van der Waals surface area contributed by atoms with Crippen molar-refractivity contribution in [2.75, 3.05) is 18.1 Å². The fraction of sp³-hybridized carbons (Fsp3) is 0.154. The van der Waals surface area contributed by atoms with Crippen LogP contribution in [0.2, 0.25) is 0 Å². The van der Waals surface area contributed by atoms with Gasteiger partial charge in [-0.1, -0.05) is 24.3 Å². The van der Waals surface area contributed by atoms with E-state index >= 15 is 0 Å². The zero-order valence-corrected chi connectivity index (χ0v) is 10.2. The van der Waals surface area contributed by atoms with Gasteiger partial charge in [0.15, 0.2) is 0 Å². The topological polar surface area (TPSA) is 122 Å². The van der Waals surface area contributed by atoms with Gasteiger partial charge in [0.2, 0.25) is 5.95 Å². The van der Waals surface area contributed by atoms with Crippen molar-refractivity contribution < 1.29 is 5.11 Å². The minimum atomic E-state index is 0.0333. The van der Waals surface area contributed by atoms with Crippen molar-refractivity contribution in [1.29, 1.82) is 5.26 Å². The number of nitrogens with zero attached hydrogens (tertiary/aromatic N) is 3. The van der Waals surface area contributed by atoms with Crippen molar-refractivity contribution in [3.63, 3.8) is 0 Å². The van der Waals surface area contributed by atoms with E-state index in [0.29, 0.717) is 12.1 Å². The number of hydrogen-bond donors (Lipinski definition) is 3. The van der Waals surface area contributed by atoms with Gasteiger partial charge in [0, 0.05) is 12.2 Å². The highest BCUT2D eigenvalue weighted by atomic mass is 16.2. The molecule has 0 aliphatic heterocycles. The molecule has 0 unspecified atom stereocenters. The van der Waals surface area contributed by atoms with E-state index in [4.69, 9.17) is 21.8 Å². The van der Waals surface area contributed by atoms with Gasteiger partial charge >= 0.3 is 0 Å². The molecule has 1 heterocycles. The van der Waals surface area contributed by atoms with Crippen molar-refractivity contribution >= 4 is 11.8 Å². The van der Waals surface area contributed by atoms with Crippen LogP contribution in [0.4, 0.5) is 11.8 Å². The summed E-state index contributed by atoms with van der Waals surface area (Å²) in [5.41, 5.74) is 13.6. The van der Waals surface area contributed by atoms with Gasteiger partial charge < -0.3 is 16.6 Å². The lowest BCUT2D eigenvalue weighted by Gasteiger charge is -2.07. The lowest BCUT2D eigenvalue weighted by molar-refractivity contribution is 0.299. The largest absolute Gasteiger partial charge is 0.396 e. The van der Waals surface area contributed by atoms with Crippen LogP contribution in [0.5, 0.6) is 0 Å². The Balaban J connectivity index is 2.49. The van der Waals surface area contributed by atoms with E-state index in [9.17, 15) is 0 Å². The minimum absolute atomic E-state index is 0.0333. The SMILES string of the molecule is N#Cc1c(N)nc(N)nc1-c1ccc(CCO)cc1. The van der Waals surface area contributed by atoms with Crippen LogP contribution in [0.15, 0.2) is 24.3 Å². The molecule has 5 N–H and O–H groups in total. The summed E-state index contributed by atoms with van der Waals surface area (Å²) < 4.78 is 0. The average molecular weight is 255 g/mol. The van der Waals surface area contributed by atoms with Gasteiger partial charge in [-0.2, -0.15) is 10.2 Å². The van der Waals surface area contributed by atoms with E-state index in [-0.39, 0.29) is 23.9 Å². The molecular weight excluding hydrogens is 242 g/mol. The molecule has 6 nitrogen and oxygen atoms in total. The van der Waals surface area contributed by atoms with Crippen molar-refractivity contribution in [2.24, 2.45) is 0 Å². The van der Waals surface area contributed by atoms with Gasteiger partial charge in [-0.3, -0.25) is 0 Å². The van der Waals surface area contributed by atoms with Crippen LogP contribution >= 0.6 is 0 Å². The molecule has 0 spiro atoms. The number of aliphatic hydroxyl groups excluding tert-OH is 1. The quantitative estimate of drug-likeness (QED) is 0.742. The van der Waals surface area contributed by atoms with Gasteiger partial charge in [-0.05, 0) is 12.0 Å². The number of benzene rings is 1. The third kappa shape index (κ3) is 2.61. The van der Waals surface area contributed by atoms with Gasteiger partial charge in [-0.25, -0.2) is 4.98 Å². The number of hydrogen-bond acceptors (Lipinski definition) is 6. The summed E-state index contributed by atoms with van der Waals surface area (Å²) in [6, 6.07) is 9.33. The Morgan fingerprint density at radius 2 is 1.84 bits per heavy atom. The molecule has 1 aromatic carbocycles. The van der Waals surface area contributed by atoms with Crippen molar-refractivity contribution in [1.82, 2.24) is 9.97 Å². The number of nitriles is 1. The molecule has 1 aromatic heterocycles. The molecule has 0 amide bonds. The first-order valence-corrected chi connectivity index (χ1v) is 5.69. The summed E-state index contributed by atoms with van der Waals surface area (Å²) in [6.45, 7) is 0.0934. The molecule has 0 bridgehead atoms. The van der Waals surface area contributed by atoms with Crippen molar-refractivity contribution in [3.8, 4) is 17.3 Å². The van der Waals surface area contributed by atoms with Crippen LogP contribution < -0.4 is 11.5 Å². The lowest BCUT2D eigenvalue weighted by atomic mass is 10.0. The number of aliphatic hydroxyl groups is 1. The Kier molecular flexibility index (Phi) is 3.59. The van der Waals surface area contributed by atoms with Gasteiger partial charge in [0.25, 0.3) is 0 Å². The normalized spacial score (nSPS) is 10.1. The number of anilines is 2. The first-order valence-electron chi connectivity index (χ1n) is 5.69. The third-order valence-electron chi connectivity index (χ3n) is 2.69. The first kappa shape index (κ1) is 12.8. The number of aromatic nitrogens is 2. The van der Waals surface area contributed by atoms with E-state index in [1.54, 1.807) is 0 Å². The maximum atomic E-state index is 9.11. The Morgan fingerprint density at radius 1 is 1.16 bits per heavy atom. The highest BCUT2D eigenvalue weighted by molar-refractivity contribution is 5.73.